The summed E-state index contributed by atoms with van der Waals surface area (Å²) in [7, 11) is 0. The molecule has 0 spiro atoms. The minimum Gasteiger partial charge on any atom is -0.474 e. The number of thioether (sulfide) groups is 1. The zero-order valence-corrected chi connectivity index (χ0v) is 18.3. The van der Waals surface area contributed by atoms with Crippen molar-refractivity contribution in [1.29, 1.82) is 0 Å². The van der Waals surface area contributed by atoms with Crippen LogP contribution in [0.1, 0.15) is 20.8 Å². The van der Waals surface area contributed by atoms with Gasteiger partial charge in [0.2, 0.25) is 0 Å². The minimum absolute atomic E-state index is 0.237. The Kier molecular flexibility index (Phi) is 7.62. The van der Waals surface area contributed by atoms with Gasteiger partial charge in [0.05, 0.1) is 12.4 Å². The first-order valence-electron chi connectivity index (χ1n) is 9.59. The van der Waals surface area contributed by atoms with Crippen LogP contribution in [-0.4, -0.2) is 57.4 Å². The van der Waals surface area contributed by atoms with Gasteiger partial charge in [0.25, 0.3) is 0 Å². The van der Waals surface area contributed by atoms with E-state index in [0.29, 0.717) is 16.9 Å². The van der Waals surface area contributed by atoms with Crippen molar-refractivity contribution in [2.45, 2.75) is 44.5 Å². The van der Waals surface area contributed by atoms with Gasteiger partial charge < -0.3 is 18.9 Å². The van der Waals surface area contributed by atoms with Crippen molar-refractivity contribution in [2.24, 2.45) is 0 Å². The molecule has 170 valence electrons. The molecule has 11 heteroatoms. The van der Waals surface area contributed by atoms with Gasteiger partial charge in [-0.2, -0.15) is 0 Å². The Labute approximate surface area is 187 Å². The van der Waals surface area contributed by atoms with E-state index in [9.17, 15) is 18.8 Å². The van der Waals surface area contributed by atoms with Gasteiger partial charge >= 0.3 is 17.9 Å². The predicted octanol–water partition coefficient (Wildman–Crippen LogP) is 2.53. The number of aromatic nitrogens is 2. The van der Waals surface area contributed by atoms with Gasteiger partial charge in [-0.05, 0) is 12.1 Å². The number of rotatable bonds is 6. The van der Waals surface area contributed by atoms with Gasteiger partial charge in [-0.25, -0.2) is 4.39 Å². The van der Waals surface area contributed by atoms with Crippen molar-refractivity contribution < 1.29 is 37.7 Å². The Hall–Kier alpha value is -3.21. The Morgan fingerprint density at radius 3 is 2.09 bits per heavy atom. The lowest BCUT2D eigenvalue weighted by Crippen LogP contribution is -2.55. The van der Waals surface area contributed by atoms with Crippen LogP contribution < -0.4 is 4.74 Å². The molecule has 0 amide bonds. The molecule has 4 atom stereocenters. The second kappa shape index (κ2) is 10.4. The largest absolute Gasteiger partial charge is 0.474 e. The summed E-state index contributed by atoms with van der Waals surface area (Å²) in [4.78, 5) is 42.9. The average molecular weight is 464 g/mol. The van der Waals surface area contributed by atoms with E-state index < -0.39 is 47.5 Å². The van der Waals surface area contributed by atoms with Gasteiger partial charge in [0.15, 0.2) is 23.7 Å². The zero-order chi connectivity index (χ0) is 23.3. The van der Waals surface area contributed by atoms with Crippen molar-refractivity contribution >= 4 is 29.7 Å². The third-order valence-electron chi connectivity index (χ3n) is 4.31. The summed E-state index contributed by atoms with van der Waals surface area (Å²) >= 11 is 1.23. The van der Waals surface area contributed by atoms with Gasteiger partial charge in [-0.15, -0.1) is 11.8 Å². The first-order valence-corrected chi connectivity index (χ1v) is 10.6. The van der Waals surface area contributed by atoms with Crippen molar-refractivity contribution in [3.8, 4) is 16.9 Å². The van der Waals surface area contributed by atoms with Crippen LogP contribution in [-0.2, 0) is 28.6 Å². The number of carbonyl (C=O) groups excluding carboxylic acids is 3. The zero-order valence-electron chi connectivity index (χ0n) is 17.5. The first kappa shape index (κ1) is 23.5. The van der Waals surface area contributed by atoms with Crippen LogP contribution in [0.15, 0.2) is 36.9 Å². The molecule has 32 heavy (non-hydrogen) atoms. The lowest BCUT2D eigenvalue weighted by molar-refractivity contribution is -0.186. The molecular formula is C21H21FN2O7S. The number of pyridine rings is 2. The van der Waals surface area contributed by atoms with Crippen LogP contribution >= 0.6 is 11.8 Å². The van der Waals surface area contributed by atoms with E-state index in [1.807, 2.05) is 0 Å². The monoisotopic (exact) mass is 464 g/mol. The summed E-state index contributed by atoms with van der Waals surface area (Å²) in [6.45, 7) is 3.65. The van der Waals surface area contributed by atoms with E-state index in [2.05, 4.69) is 9.97 Å². The molecule has 0 bridgehead atoms. The van der Waals surface area contributed by atoms with Crippen LogP contribution in [0.5, 0.6) is 5.75 Å². The van der Waals surface area contributed by atoms with Gasteiger partial charge in [0.1, 0.15) is 11.6 Å². The third-order valence-corrected chi connectivity index (χ3v) is 5.52. The van der Waals surface area contributed by atoms with Crippen LogP contribution in [0.25, 0.3) is 11.1 Å². The number of esters is 3. The molecule has 0 aromatic carbocycles. The SMILES string of the molecule is CC(=O)O[C@@H]1[C@@H](OC(C)=O)[C@H](OC(C)=O)CS[C@H]1Oc1cncc(-c2cncc(F)c2)c1. The van der Waals surface area contributed by atoms with Crippen LogP contribution in [0.4, 0.5) is 4.39 Å². The van der Waals surface area contributed by atoms with Crippen LogP contribution in [0, 0.1) is 5.82 Å². The Balaban J connectivity index is 1.87. The van der Waals surface area contributed by atoms with Crippen molar-refractivity contribution in [3.63, 3.8) is 0 Å². The van der Waals surface area contributed by atoms with Crippen molar-refractivity contribution in [3.05, 3.63) is 42.7 Å². The fraction of sp³-hybridized carbons (Fsp3) is 0.381. The number of nitrogens with zero attached hydrogens (tertiary/aromatic N) is 2. The predicted molar refractivity (Wildman–Crippen MR) is 111 cm³/mol. The van der Waals surface area contributed by atoms with Gasteiger partial charge in [-0.3, -0.25) is 24.4 Å². The smallest absolute Gasteiger partial charge is 0.303 e. The van der Waals surface area contributed by atoms with Gasteiger partial charge in [-0.1, -0.05) is 0 Å². The van der Waals surface area contributed by atoms with Crippen LogP contribution in [0.2, 0.25) is 0 Å². The first-order chi connectivity index (χ1) is 15.2. The number of hydrogen-bond donors (Lipinski definition) is 0. The quantitative estimate of drug-likeness (QED) is 0.467. The Morgan fingerprint density at radius 2 is 1.47 bits per heavy atom. The molecule has 0 saturated carbocycles. The molecule has 3 rings (SSSR count). The highest BCUT2D eigenvalue weighted by molar-refractivity contribution is 7.99. The molecule has 3 heterocycles. The molecule has 9 nitrogen and oxygen atoms in total. The fourth-order valence-corrected chi connectivity index (χ4v) is 4.37. The third kappa shape index (κ3) is 6.16. The summed E-state index contributed by atoms with van der Waals surface area (Å²) in [6.07, 6.45) is 2.61. The average Bonchev–Trinajstić information content (AvgIpc) is 2.71. The maximum absolute atomic E-state index is 13.5. The lowest BCUT2D eigenvalue weighted by atomic mass is 10.1. The van der Waals surface area contributed by atoms with E-state index in [0.717, 1.165) is 6.20 Å². The summed E-state index contributed by atoms with van der Waals surface area (Å²) in [5.74, 6) is -1.75. The molecular weight excluding hydrogens is 443 g/mol. The number of carbonyl (C=O) groups is 3. The highest BCUT2D eigenvalue weighted by Gasteiger charge is 2.47. The van der Waals surface area contributed by atoms with E-state index >= 15 is 0 Å². The second-order valence-corrected chi connectivity index (χ2v) is 8.05. The van der Waals surface area contributed by atoms with Crippen molar-refractivity contribution in [2.75, 3.05) is 5.75 Å². The standard InChI is InChI=1S/C21H21FN2O7S/c1-11(25)28-18-10-32-21(20(30-13(3)27)19(18)29-12(2)26)31-17-5-15(7-24-9-17)14-4-16(22)8-23-6-14/h4-9,18-21H,10H2,1-3H3/t18-,19+,20-,21-/m1/s1. The summed E-state index contributed by atoms with van der Waals surface area (Å²) in [5.41, 5.74) is 0.273. The fourth-order valence-electron chi connectivity index (χ4n) is 3.15. The maximum atomic E-state index is 13.5. The van der Waals surface area contributed by atoms with E-state index in [1.54, 1.807) is 6.07 Å². The second-order valence-electron chi connectivity index (χ2n) is 6.92. The molecule has 1 saturated heterocycles. The molecule has 0 aliphatic carbocycles. The molecule has 1 fully saturated rings. The number of hydrogen-bond acceptors (Lipinski definition) is 10. The van der Waals surface area contributed by atoms with Gasteiger partial charge in [0, 0.05) is 50.0 Å². The lowest BCUT2D eigenvalue weighted by Gasteiger charge is -2.39. The molecule has 2 aromatic heterocycles. The molecule has 0 radical (unpaired) electrons. The van der Waals surface area contributed by atoms with E-state index in [4.69, 9.17) is 18.9 Å². The number of ether oxygens (including phenoxy) is 4. The molecule has 2 aromatic rings. The maximum Gasteiger partial charge on any atom is 0.303 e. The molecule has 1 aliphatic heterocycles. The number of halogens is 1. The summed E-state index contributed by atoms with van der Waals surface area (Å²) in [6, 6.07) is 2.94. The van der Waals surface area contributed by atoms with Crippen LogP contribution in [0.3, 0.4) is 0 Å². The molecule has 1 aliphatic rings. The summed E-state index contributed by atoms with van der Waals surface area (Å²) < 4.78 is 35.5. The Bertz CT molecular complexity index is 1010. The minimum atomic E-state index is -1.06. The van der Waals surface area contributed by atoms with Crippen molar-refractivity contribution in [1.82, 2.24) is 9.97 Å². The summed E-state index contributed by atoms with van der Waals surface area (Å²) in [5, 5.41) is 0. The highest BCUT2D eigenvalue weighted by Crippen LogP contribution is 2.35. The molecule has 0 unspecified atom stereocenters. The Morgan fingerprint density at radius 1 is 0.875 bits per heavy atom. The van der Waals surface area contributed by atoms with E-state index in [1.165, 1.54) is 57.2 Å². The highest BCUT2D eigenvalue weighted by atomic mass is 32.2. The molecule has 0 N–H and O–H groups in total. The topological polar surface area (TPSA) is 114 Å². The normalized spacial score (nSPS) is 22.5. The van der Waals surface area contributed by atoms with E-state index in [-0.39, 0.29) is 5.75 Å².